The summed E-state index contributed by atoms with van der Waals surface area (Å²) < 4.78 is 25.4. The first-order valence-electron chi connectivity index (χ1n) is 6.93. The van der Waals surface area contributed by atoms with E-state index in [2.05, 4.69) is 5.32 Å². The van der Waals surface area contributed by atoms with Crippen molar-refractivity contribution in [2.45, 2.75) is 11.8 Å². The van der Waals surface area contributed by atoms with Crippen molar-refractivity contribution in [2.75, 3.05) is 11.9 Å². The lowest BCUT2D eigenvalue weighted by molar-refractivity contribution is -0.116. The molecule has 0 unspecified atom stereocenters. The molecule has 0 aromatic heterocycles. The van der Waals surface area contributed by atoms with E-state index in [-0.39, 0.29) is 10.5 Å². The Labute approximate surface area is 133 Å². The van der Waals surface area contributed by atoms with Gasteiger partial charge in [0.15, 0.2) is 0 Å². The summed E-state index contributed by atoms with van der Waals surface area (Å²) in [5.74, 6) is -1.25. The van der Waals surface area contributed by atoms with Gasteiger partial charge in [0, 0.05) is 5.69 Å². The molecule has 0 saturated heterocycles. The van der Waals surface area contributed by atoms with E-state index in [0.717, 1.165) is 5.56 Å². The molecule has 0 radical (unpaired) electrons. The molecule has 2 aromatic rings. The largest absolute Gasteiger partial charge is 0.324 e. The Balaban J connectivity index is 1.83. The number of nitrogens with one attached hydrogen (secondary N) is 1. The molecule has 118 valence electrons. The zero-order chi connectivity index (χ0) is 16.6. The van der Waals surface area contributed by atoms with Crippen LogP contribution >= 0.6 is 0 Å². The number of carbonyl (C=O) groups is 2. The van der Waals surface area contributed by atoms with Crippen LogP contribution in [-0.2, 0) is 14.8 Å². The van der Waals surface area contributed by atoms with E-state index >= 15 is 0 Å². The Morgan fingerprint density at radius 3 is 2.43 bits per heavy atom. The third-order valence-electron chi connectivity index (χ3n) is 3.62. The number of fused-ring (bicyclic) bond motifs is 1. The van der Waals surface area contributed by atoms with Gasteiger partial charge in [0.05, 0.1) is 5.56 Å². The van der Waals surface area contributed by atoms with Crippen molar-refractivity contribution >= 4 is 27.5 Å². The van der Waals surface area contributed by atoms with Crippen LogP contribution in [0.3, 0.4) is 0 Å². The standard InChI is InChI=1S/C16H14N2O4S/c1-11-6-2-4-8-13(11)17-15(19)10-18-16(20)12-7-3-5-9-14(12)23(18,21)22/h2-9H,10H2,1H3,(H,17,19). The Morgan fingerprint density at radius 2 is 1.74 bits per heavy atom. The fourth-order valence-electron chi connectivity index (χ4n) is 2.42. The minimum atomic E-state index is -3.97. The zero-order valence-corrected chi connectivity index (χ0v) is 13.1. The van der Waals surface area contributed by atoms with Gasteiger partial charge in [0.2, 0.25) is 5.91 Å². The van der Waals surface area contributed by atoms with Crippen molar-refractivity contribution in [2.24, 2.45) is 0 Å². The molecular formula is C16H14N2O4S. The van der Waals surface area contributed by atoms with Crippen LogP contribution in [0.2, 0.25) is 0 Å². The van der Waals surface area contributed by atoms with E-state index in [1.165, 1.54) is 12.1 Å². The van der Waals surface area contributed by atoms with E-state index in [1.54, 1.807) is 24.3 Å². The van der Waals surface area contributed by atoms with Gasteiger partial charge in [-0.3, -0.25) is 9.59 Å². The van der Waals surface area contributed by atoms with Gasteiger partial charge < -0.3 is 5.32 Å². The predicted molar refractivity (Wildman–Crippen MR) is 84.5 cm³/mol. The van der Waals surface area contributed by atoms with E-state index in [4.69, 9.17) is 0 Å². The molecule has 23 heavy (non-hydrogen) atoms. The van der Waals surface area contributed by atoms with Crippen LogP contribution in [0.25, 0.3) is 0 Å². The maximum Gasteiger partial charge on any atom is 0.269 e. The van der Waals surface area contributed by atoms with Crippen molar-refractivity contribution in [3.63, 3.8) is 0 Å². The number of aryl methyl sites for hydroxylation is 1. The molecule has 1 aliphatic heterocycles. The van der Waals surface area contributed by atoms with E-state index in [1.807, 2.05) is 19.1 Å². The van der Waals surface area contributed by atoms with Crippen LogP contribution in [0.4, 0.5) is 5.69 Å². The van der Waals surface area contributed by atoms with Gasteiger partial charge >= 0.3 is 0 Å². The number of para-hydroxylation sites is 1. The molecule has 1 aliphatic rings. The molecule has 7 heteroatoms. The smallest absolute Gasteiger partial charge is 0.269 e. The van der Waals surface area contributed by atoms with Crippen molar-refractivity contribution in [1.29, 1.82) is 0 Å². The van der Waals surface area contributed by atoms with E-state index in [9.17, 15) is 18.0 Å². The number of carbonyl (C=O) groups excluding carboxylic acids is 2. The normalized spacial score (nSPS) is 15.3. The molecule has 2 aromatic carbocycles. The second-order valence-electron chi connectivity index (χ2n) is 5.18. The second kappa shape index (κ2) is 5.51. The Hall–Kier alpha value is -2.67. The van der Waals surface area contributed by atoms with Crippen LogP contribution in [0.1, 0.15) is 15.9 Å². The molecule has 2 amide bonds. The minimum Gasteiger partial charge on any atom is -0.324 e. The van der Waals surface area contributed by atoms with Crippen LogP contribution < -0.4 is 5.32 Å². The fraction of sp³-hybridized carbons (Fsp3) is 0.125. The minimum absolute atomic E-state index is 0.0614. The maximum absolute atomic E-state index is 12.4. The summed E-state index contributed by atoms with van der Waals surface area (Å²) >= 11 is 0. The molecule has 0 atom stereocenters. The zero-order valence-electron chi connectivity index (χ0n) is 12.3. The highest BCUT2D eigenvalue weighted by atomic mass is 32.2. The predicted octanol–water partition coefficient (Wildman–Crippen LogP) is 1.78. The maximum atomic E-state index is 12.4. The number of benzene rings is 2. The quantitative estimate of drug-likeness (QED) is 0.930. The van der Waals surface area contributed by atoms with Crippen LogP contribution in [-0.4, -0.2) is 31.1 Å². The number of rotatable bonds is 3. The monoisotopic (exact) mass is 330 g/mol. The van der Waals surface area contributed by atoms with Crippen molar-refractivity contribution in [3.8, 4) is 0 Å². The van der Waals surface area contributed by atoms with Crippen molar-refractivity contribution < 1.29 is 18.0 Å². The summed E-state index contributed by atoms with van der Waals surface area (Å²) in [7, 11) is -3.97. The summed E-state index contributed by atoms with van der Waals surface area (Å²) in [6.45, 7) is 1.27. The molecule has 0 fully saturated rings. The fourth-order valence-corrected chi connectivity index (χ4v) is 3.95. The lowest BCUT2D eigenvalue weighted by Crippen LogP contribution is -2.37. The molecule has 3 rings (SSSR count). The number of hydrogen-bond donors (Lipinski definition) is 1. The summed E-state index contributed by atoms with van der Waals surface area (Å²) in [5.41, 5.74) is 1.52. The van der Waals surface area contributed by atoms with Gasteiger partial charge in [-0.15, -0.1) is 0 Å². The van der Waals surface area contributed by atoms with Crippen LogP contribution in [0.15, 0.2) is 53.4 Å². The molecule has 6 nitrogen and oxygen atoms in total. The lowest BCUT2D eigenvalue weighted by atomic mass is 10.2. The topological polar surface area (TPSA) is 83.6 Å². The van der Waals surface area contributed by atoms with Crippen molar-refractivity contribution in [1.82, 2.24) is 4.31 Å². The number of hydrogen-bond acceptors (Lipinski definition) is 4. The highest BCUT2D eigenvalue weighted by Gasteiger charge is 2.41. The van der Waals surface area contributed by atoms with Gasteiger partial charge in [-0.25, -0.2) is 12.7 Å². The third kappa shape index (κ3) is 2.59. The summed E-state index contributed by atoms with van der Waals surface area (Å²) in [6, 6.07) is 13.1. The Morgan fingerprint density at radius 1 is 1.09 bits per heavy atom. The SMILES string of the molecule is Cc1ccccc1NC(=O)CN1C(=O)c2ccccc2S1(=O)=O. The van der Waals surface area contributed by atoms with Gasteiger partial charge in [0.25, 0.3) is 15.9 Å². The van der Waals surface area contributed by atoms with E-state index < -0.39 is 28.4 Å². The molecular weight excluding hydrogens is 316 g/mol. The van der Waals surface area contributed by atoms with Gasteiger partial charge in [-0.1, -0.05) is 30.3 Å². The summed E-state index contributed by atoms with van der Waals surface area (Å²) in [6.07, 6.45) is 0. The molecule has 0 aliphatic carbocycles. The average Bonchev–Trinajstić information content (AvgIpc) is 2.71. The van der Waals surface area contributed by atoms with Crippen molar-refractivity contribution in [3.05, 3.63) is 59.7 Å². The first kappa shape index (κ1) is 15.2. The number of nitrogens with zero attached hydrogens (tertiary/aromatic N) is 1. The van der Waals surface area contributed by atoms with Gasteiger partial charge in [-0.05, 0) is 30.7 Å². The lowest BCUT2D eigenvalue weighted by Gasteiger charge is -2.15. The Kier molecular flexibility index (Phi) is 3.65. The molecule has 1 heterocycles. The first-order valence-corrected chi connectivity index (χ1v) is 8.37. The molecule has 0 bridgehead atoms. The van der Waals surface area contributed by atoms with Crippen LogP contribution in [0.5, 0.6) is 0 Å². The summed E-state index contributed by atoms with van der Waals surface area (Å²) in [5, 5.41) is 2.62. The van der Waals surface area contributed by atoms with Crippen LogP contribution in [0, 0.1) is 6.92 Å². The molecule has 0 saturated carbocycles. The number of anilines is 1. The highest BCUT2D eigenvalue weighted by molar-refractivity contribution is 7.90. The highest BCUT2D eigenvalue weighted by Crippen LogP contribution is 2.29. The third-order valence-corrected chi connectivity index (χ3v) is 5.41. The Bertz CT molecular complexity index is 906. The van der Waals surface area contributed by atoms with Gasteiger partial charge in [-0.2, -0.15) is 0 Å². The van der Waals surface area contributed by atoms with Gasteiger partial charge in [0.1, 0.15) is 11.4 Å². The second-order valence-corrected chi connectivity index (χ2v) is 7.01. The first-order chi connectivity index (χ1) is 10.9. The number of amides is 2. The number of sulfonamides is 1. The average molecular weight is 330 g/mol. The molecule has 1 N–H and O–H groups in total. The molecule has 0 spiro atoms. The van der Waals surface area contributed by atoms with E-state index in [0.29, 0.717) is 9.99 Å². The summed E-state index contributed by atoms with van der Waals surface area (Å²) in [4.78, 5) is 24.3.